The molecule has 0 unspecified atom stereocenters. The summed E-state index contributed by atoms with van der Waals surface area (Å²) in [6.45, 7) is 2.09. The summed E-state index contributed by atoms with van der Waals surface area (Å²) in [5.41, 5.74) is 1.75. The third-order valence-electron chi connectivity index (χ3n) is 4.47. The van der Waals surface area contributed by atoms with E-state index in [1.54, 1.807) is 61.5 Å². The van der Waals surface area contributed by atoms with Gasteiger partial charge in [-0.1, -0.05) is 52.5 Å². The summed E-state index contributed by atoms with van der Waals surface area (Å²) in [6, 6.07) is 16.3. The monoisotopic (exact) mass is 495 g/mol. The minimum Gasteiger partial charge on any atom is -0.462 e. The first-order chi connectivity index (χ1) is 14.8. The lowest BCUT2D eigenvalue weighted by Crippen LogP contribution is -2.31. The molecule has 0 heterocycles. The zero-order valence-electron chi connectivity index (χ0n) is 16.4. The lowest BCUT2D eigenvalue weighted by atomic mass is 10.1. The molecule has 0 aromatic heterocycles. The number of benzene rings is 3. The molecule has 4 nitrogen and oxygen atoms in total. The second-order valence-electron chi connectivity index (χ2n) is 6.48. The Labute approximate surface area is 200 Å². The maximum Gasteiger partial charge on any atom is 0.338 e. The van der Waals surface area contributed by atoms with Gasteiger partial charge in [-0.15, -0.1) is 0 Å². The fourth-order valence-electron chi connectivity index (χ4n) is 2.92. The maximum atomic E-state index is 13.4. The highest BCUT2D eigenvalue weighted by atomic mass is 35.5. The van der Waals surface area contributed by atoms with Crippen LogP contribution in [0.3, 0.4) is 0 Å². The van der Waals surface area contributed by atoms with Crippen molar-refractivity contribution in [3.63, 3.8) is 0 Å². The number of anilines is 1. The molecule has 0 aliphatic rings. The molecular weight excluding hydrogens is 480 g/mol. The molecule has 3 rings (SSSR count). The molecule has 0 aliphatic carbocycles. The Kier molecular flexibility index (Phi) is 7.84. The Hall–Kier alpha value is -2.24. The Balaban J connectivity index is 2.03. The second kappa shape index (κ2) is 10.4. The smallest absolute Gasteiger partial charge is 0.338 e. The molecule has 160 valence electrons. The van der Waals surface area contributed by atoms with Gasteiger partial charge in [0.05, 0.1) is 29.3 Å². The van der Waals surface area contributed by atoms with E-state index in [0.29, 0.717) is 31.9 Å². The van der Waals surface area contributed by atoms with Crippen LogP contribution in [0.15, 0.2) is 60.7 Å². The number of halogens is 4. The molecule has 0 saturated carbocycles. The first kappa shape index (κ1) is 23.4. The quantitative estimate of drug-likeness (QED) is 0.335. The number of ether oxygens (including phenoxy) is 1. The molecule has 0 spiro atoms. The average Bonchev–Trinajstić information content (AvgIpc) is 2.73. The summed E-state index contributed by atoms with van der Waals surface area (Å²) < 4.78 is 5.01. The van der Waals surface area contributed by atoms with Crippen molar-refractivity contribution in [1.82, 2.24) is 0 Å². The Morgan fingerprint density at radius 2 is 1.52 bits per heavy atom. The van der Waals surface area contributed by atoms with Gasteiger partial charge in [0.2, 0.25) is 0 Å². The van der Waals surface area contributed by atoms with Crippen LogP contribution in [0.4, 0.5) is 5.69 Å². The lowest BCUT2D eigenvalue weighted by Gasteiger charge is -2.25. The largest absolute Gasteiger partial charge is 0.462 e. The standard InChI is InChI=1S/C23H17Cl4NO3/c1-2-31-23(30)14-6-9-16(10-7-14)28(13-18-19(25)4-3-5-20(18)26)22(29)17-11-8-15(24)12-21(17)27/h3-12H,2,13H2,1H3. The van der Waals surface area contributed by atoms with Crippen LogP contribution in [0.5, 0.6) is 0 Å². The number of esters is 1. The van der Waals surface area contributed by atoms with Crippen molar-refractivity contribution in [2.45, 2.75) is 13.5 Å². The summed E-state index contributed by atoms with van der Waals surface area (Å²) in [5.74, 6) is -0.816. The number of amides is 1. The number of rotatable bonds is 6. The summed E-state index contributed by atoms with van der Waals surface area (Å²) in [7, 11) is 0. The van der Waals surface area contributed by atoms with Crippen molar-refractivity contribution in [3.05, 3.63) is 97.4 Å². The average molecular weight is 497 g/mol. The predicted octanol–water partition coefficient (Wildman–Crippen LogP) is 7.32. The molecule has 0 saturated heterocycles. The SMILES string of the molecule is CCOC(=O)c1ccc(N(Cc2c(Cl)cccc2Cl)C(=O)c2ccc(Cl)cc2Cl)cc1. The molecule has 0 bridgehead atoms. The minimum absolute atomic E-state index is 0.0923. The Morgan fingerprint density at radius 1 is 0.871 bits per heavy atom. The molecule has 8 heteroatoms. The fourth-order valence-corrected chi connectivity index (χ4v) is 3.93. The minimum atomic E-state index is -0.443. The van der Waals surface area contributed by atoms with Gasteiger partial charge in [-0.25, -0.2) is 4.79 Å². The van der Waals surface area contributed by atoms with Crippen molar-refractivity contribution in [2.24, 2.45) is 0 Å². The van der Waals surface area contributed by atoms with E-state index in [9.17, 15) is 9.59 Å². The molecule has 3 aromatic carbocycles. The van der Waals surface area contributed by atoms with E-state index in [0.717, 1.165) is 0 Å². The lowest BCUT2D eigenvalue weighted by molar-refractivity contribution is 0.0526. The van der Waals surface area contributed by atoms with Crippen LogP contribution in [-0.4, -0.2) is 18.5 Å². The van der Waals surface area contributed by atoms with Gasteiger partial charge < -0.3 is 9.64 Å². The van der Waals surface area contributed by atoms with E-state index in [4.69, 9.17) is 51.1 Å². The molecule has 0 fully saturated rings. The number of hydrogen-bond acceptors (Lipinski definition) is 3. The van der Waals surface area contributed by atoms with E-state index < -0.39 is 5.97 Å². The molecule has 0 radical (unpaired) electrons. The normalized spacial score (nSPS) is 10.6. The fraction of sp³-hybridized carbons (Fsp3) is 0.130. The maximum absolute atomic E-state index is 13.4. The van der Waals surface area contributed by atoms with Crippen LogP contribution in [-0.2, 0) is 11.3 Å². The van der Waals surface area contributed by atoms with Gasteiger partial charge in [-0.2, -0.15) is 0 Å². The van der Waals surface area contributed by atoms with E-state index in [-0.39, 0.29) is 29.6 Å². The highest BCUT2D eigenvalue weighted by Gasteiger charge is 2.23. The summed E-state index contributed by atoms with van der Waals surface area (Å²) in [5, 5.41) is 1.49. The summed E-state index contributed by atoms with van der Waals surface area (Å²) in [4.78, 5) is 26.9. The van der Waals surface area contributed by atoms with Crippen LogP contribution in [0.1, 0.15) is 33.2 Å². The second-order valence-corrected chi connectivity index (χ2v) is 8.14. The van der Waals surface area contributed by atoms with Gasteiger partial charge in [0.25, 0.3) is 5.91 Å². The first-order valence-corrected chi connectivity index (χ1v) is 10.8. The zero-order valence-corrected chi connectivity index (χ0v) is 19.4. The number of carbonyl (C=O) groups excluding carboxylic acids is 2. The van der Waals surface area contributed by atoms with Crippen molar-refractivity contribution >= 4 is 64.0 Å². The molecular formula is C23H17Cl4NO3. The van der Waals surface area contributed by atoms with Crippen molar-refractivity contribution in [3.8, 4) is 0 Å². The summed E-state index contributed by atoms with van der Waals surface area (Å²) >= 11 is 24.9. The zero-order chi connectivity index (χ0) is 22.5. The van der Waals surface area contributed by atoms with E-state index >= 15 is 0 Å². The van der Waals surface area contributed by atoms with Crippen LogP contribution < -0.4 is 4.90 Å². The molecule has 1 amide bonds. The van der Waals surface area contributed by atoms with Crippen molar-refractivity contribution in [2.75, 3.05) is 11.5 Å². The van der Waals surface area contributed by atoms with Gasteiger partial charge >= 0.3 is 5.97 Å². The van der Waals surface area contributed by atoms with Crippen LogP contribution in [0.2, 0.25) is 20.1 Å². The number of nitrogens with zero attached hydrogens (tertiary/aromatic N) is 1. The van der Waals surface area contributed by atoms with E-state index in [1.165, 1.54) is 11.0 Å². The van der Waals surface area contributed by atoms with E-state index in [1.807, 2.05) is 0 Å². The molecule has 3 aromatic rings. The molecule has 0 aliphatic heterocycles. The van der Waals surface area contributed by atoms with Crippen LogP contribution >= 0.6 is 46.4 Å². The molecule has 0 N–H and O–H groups in total. The third kappa shape index (κ3) is 5.52. The third-order valence-corrected chi connectivity index (χ3v) is 5.73. The highest BCUT2D eigenvalue weighted by molar-refractivity contribution is 6.37. The van der Waals surface area contributed by atoms with Gasteiger partial charge in [0.1, 0.15) is 0 Å². The topological polar surface area (TPSA) is 46.6 Å². The highest BCUT2D eigenvalue weighted by Crippen LogP contribution is 2.31. The van der Waals surface area contributed by atoms with E-state index in [2.05, 4.69) is 0 Å². The Morgan fingerprint density at radius 3 is 2.10 bits per heavy atom. The molecule has 0 atom stereocenters. The number of carbonyl (C=O) groups is 2. The predicted molar refractivity (Wildman–Crippen MR) is 126 cm³/mol. The van der Waals surface area contributed by atoms with Gasteiger partial charge in [-0.3, -0.25) is 4.79 Å². The van der Waals surface area contributed by atoms with Crippen LogP contribution in [0.25, 0.3) is 0 Å². The molecule has 31 heavy (non-hydrogen) atoms. The Bertz CT molecular complexity index is 1100. The van der Waals surface area contributed by atoms with Gasteiger partial charge in [0.15, 0.2) is 0 Å². The van der Waals surface area contributed by atoms with Gasteiger partial charge in [-0.05, 0) is 61.5 Å². The first-order valence-electron chi connectivity index (χ1n) is 9.28. The van der Waals surface area contributed by atoms with Crippen molar-refractivity contribution in [1.29, 1.82) is 0 Å². The van der Waals surface area contributed by atoms with Gasteiger partial charge in [0, 0.05) is 26.3 Å². The van der Waals surface area contributed by atoms with Crippen LogP contribution in [0, 0.1) is 0 Å². The van der Waals surface area contributed by atoms with Crippen molar-refractivity contribution < 1.29 is 14.3 Å². The number of hydrogen-bond donors (Lipinski definition) is 0. The summed E-state index contributed by atoms with van der Waals surface area (Å²) in [6.07, 6.45) is 0.